The van der Waals surface area contributed by atoms with Crippen molar-refractivity contribution in [1.82, 2.24) is 19.5 Å². The number of aromatic nitrogens is 4. The first-order valence-electron chi connectivity index (χ1n) is 24.6. The van der Waals surface area contributed by atoms with E-state index in [1.54, 1.807) is 0 Å². The Kier molecular flexibility index (Phi) is 11.1. The van der Waals surface area contributed by atoms with Crippen LogP contribution in [0.1, 0.15) is 100 Å². The van der Waals surface area contributed by atoms with Crippen LogP contribution in [0.3, 0.4) is 0 Å². The first-order chi connectivity index (χ1) is 33.8. The average Bonchev–Trinajstić information content (AvgIpc) is 4.05. The molecule has 8 aromatic carbocycles. The van der Waals surface area contributed by atoms with Crippen LogP contribution in [0, 0.1) is 6.07 Å². The van der Waals surface area contributed by atoms with Crippen LogP contribution in [0.2, 0.25) is 0 Å². The number of fused-ring (bicyclic) bond motifs is 7. The normalized spacial score (nSPS) is 14.7. The van der Waals surface area contributed by atoms with E-state index in [9.17, 15) is 0 Å². The third-order valence-electron chi connectivity index (χ3n) is 15.0. The molecule has 11 aromatic rings. The fourth-order valence-corrected chi connectivity index (χ4v) is 11.7. The SMILES string of the molecule is CC(C)(C)c1cc(-c2nc3c(-c4[c-]c(C5(c6ccccn6)c6ccccc6-c6cc(C(C)(C)c7ccccc7)ccc65)ccc4)cccc3n2-c2ccccc2)c2[n-]c3ccccc3c2c1C(C)(C)C.[Pt+2]. The van der Waals surface area contributed by atoms with Gasteiger partial charge in [0.15, 0.2) is 0 Å². The summed E-state index contributed by atoms with van der Waals surface area (Å²) in [7, 11) is 0. The second-order valence-electron chi connectivity index (χ2n) is 21.7. The first kappa shape index (κ1) is 46.3. The predicted molar refractivity (Wildman–Crippen MR) is 290 cm³/mol. The van der Waals surface area contributed by atoms with Gasteiger partial charge in [0.1, 0.15) is 5.82 Å². The third kappa shape index (κ3) is 7.20. The molecular weight excluding hydrogens is 1040 g/mol. The monoisotopic (exact) mass is 1100 g/mol. The number of hydrogen-bond acceptors (Lipinski definition) is 2. The van der Waals surface area contributed by atoms with Crippen molar-refractivity contribution in [2.45, 2.75) is 77.0 Å². The molecule has 350 valence electrons. The molecule has 0 amide bonds. The van der Waals surface area contributed by atoms with Gasteiger partial charge in [-0.15, -0.1) is 46.4 Å². The van der Waals surface area contributed by atoms with Crippen LogP contribution in [0.5, 0.6) is 0 Å². The van der Waals surface area contributed by atoms with Crippen molar-refractivity contribution >= 4 is 32.8 Å². The van der Waals surface area contributed by atoms with Gasteiger partial charge in [-0.05, 0) is 109 Å². The molecule has 0 bridgehead atoms. The average molecular weight is 1100 g/mol. The summed E-state index contributed by atoms with van der Waals surface area (Å²) in [4.78, 5) is 16.5. The van der Waals surface area contributed by atoms with Crippen LogP contribution in [-0.2, 0) is 42.7 Å². The van der Waals surface area contributed by atoms with E-state index in [1.807, 2.05) is 12.3 Å². The van der Waals surface area contributed by atoms with Crippen LogP contribution in [0.15, 0.2) is 194 Å². The number of hydrogen-bond donors (Lipinski definition) is 0. The van der Waals surface area contributed by atoms with E-state index >= 15 is 0 Å². The van der Waals surface area contributed by atoms with E-state index in [4.69, 9.17) is 15.0 Å². The molecule has 0 fully saturated rings. The van der Waals surface area contributed by atoms with Gasteiger partial charge in [-0.2, -0.15) is 0 Å². The molecular formula is C66H56N4Pt. The molecule has 1 aliphatic rings. The number of benzene rings is 8. The first-order valence-corrected chi connectivity index (χ1v) is 24.6. The van der Waals surface area contributed by atoms with Gasteiger partial charge in [0.25, 0.3) is 0 Å². The molecule has 0 saturated heterocycles. The molecule has 1 unspecified atom stereocenters. The standard InChI is InChI=1S/C66H56N4.Pt/c1-63(2,3)54-41-51(61-58(59(54)64(4,5)6)49-30-16-18-33-55(49)68-61)62-69-60-47(31-22-34-56(60)70(62)46-27-13-10-14-28-46)42-23-21-26-45(39-42)66(57-35-19-20-38-67-57)52-32-17-15-29-48(52)50-40-44(36-37-53(50)66)65(7,8)43-24-11-9-12-25-43;/h9-38,40-41H,1-8H3;/q-2;+2. The summed E-state index contributed by atoms with van der Waals surface area (Å²) in [6.07, 6.45) is 1.92. The Morgan fingerprint density at radius 3 is 1.97 bits per heavy atom. The van der Waals surface area contributed by atoms with E-state index in [0.717, 1.165) is 61.5 Å². The summed E-state index contributed by atoms with van der Waals surface area (Å²) < 4.78 is 2.34. The van der Waals surface area contributed by atoms with E-state index in [2.05, 4.69) is 248 Å². The minimum atomic E-state index is -0.740. The van der Waals surface area contributed by atoms with Gasteiger partial charge in [-0.25, -0.2) is 4.98 Å². The molecule has 0 N–H and O–H groups in total. The summed E-state index contributed by atoms with van der Waals surface area (Å²) >= 11 is 0. The maximum atomic E-state index is 5.79. The largest absolute Gasteiger partial charge is 2.00 e. The number of rotatable bonds is 7. The van der Waals surface area contributed by atoms with Crippen molar-refractivity contribution < 1.29 is 21.1 Å². The van der Waals surface area contributed by atoms with E-state index < -0.39 is 5.41 Å². The van der Waals surface area contributed by atoms with E-state index in [1.165, 1.54) is 55.3 Å². The molecule has 3 aromatic heterocycles. The summed E-state index contributed by atoms with van der Waals surface area (Å²) in [5.74, 6) is 0.862. The van der Waals surface area contributed by atoms with Crippen LogP contribution in [0.25, 0.3) is 72.2 Å². The van der Waals surface area contributed by atoms with Crippen molar-refractivity contribution in [3.63, 3.8) is 0 Å². The third-order valence-corrected chi connectivity index (χ3v) is 15.0. The minimum Gasteiger partial charge on any atom is -0.656 e. The van der Waals surface area contributed by atoms with Crippen molar-refractivity contribution in [1.29, 1.82) is 0 Å². The van der Waals surface area contributed by atoms with Crippen LogP contribution < -0.4 is 4.98 Å². The molecule has 0 radical (unpaired) electrons. The molecule has 1 atom stereocenters. The van der Waals surface area contributed by atoms with E-state index in [-0.39, 0.29) is 37.3 Å². The molecule has 5 heteroatoms. The molecule has 0 saturated carbocycles. The zero-order valence-electron chi connectivity index (χ0n) is 41.6. The smallest absolute Gasteiger partial charge is 0.656 e. The summed E-state index contributed by atoms with van der Waals surface area (Å²) in [6.45, 7) is 18.6. The number of nitrogens with zero attached hydrogens (tertiary/aromatic N) is 4. The second kappa shape index (κ2) is 17.0. The number of pyridine rings is 1. The summed E-state index contributed by atoms with van der Waals surface area (Å²) in [5.41, 5.74) is 18.7. The molecule has 4 nitrogen and oxygen atoms in total. The molecule has 12 rings (SSSR count). The molecule has 71 heavy (non-hydrogen) atoms. The van der Waals surface area contributed by atoms with Gasteiger partial charge in [0.2, 0.25) is 0 Å². The predicted octanol–water partition coefficient (Wildman–Crippen LogP) is 16.1. The quantitative estimate of drug-likeness (QED) is 0.149. The fourth-order valence-electron chi connectivity index (χ4n) is 11.7. The molecule has 1 aliphatic carbocycles. The van der Waals surface area contributed by atoms with Crippen LogP contribution >= 0.6 is 0 Å². The number of imidazole rings is 1. The second-order valence-corrected chi connectivity index (χ2v) is 21.7. The van der Waals surface area contributed by atoms with Crippen LogP contribution in [-0.4, -0.2) is 14.5 Å². The maximum absolute atomic E-state index is 5.79. The topological polar surface area (TPSA) is 44.8 Å². The van der Waals surface area contributed by atoms with Gasteiger partial charge in [0.05, 0.1) is 22.1 Å². The van der Waals surface area contributed by atoms with Crippen molar-refractivity contribution in [3.8, 4) is 39.3 Å². The van der Waals surface area contributed by atoms with E-state index in [0.29, 0.717) is 0 Å². The van der Waals surface area contributed by atoms with Gasteiger partial charge in [-0.1, -0.05) is 188 Å². The fraction of sp³-hybridized carbons (Fsp3) is 0.182. The van der Waals surface area contributed by atoms with Crippen molar-refractivity contribution in [3.05, 3.63) is 245 Å². The zero-order chi connectivity index (χ0) is 48.2. The van der Waals surface area contributed by atoms with Crippen LogP contribution in [0.4, 0.5) is 0 Å². The van der Waals surface area contributed by atoms with Gasteiger partial charge in [0, 0.05) is 22.9 Å². The minimum absolute atomic E-state index is 0. The maximum Gasteiger partial charge on any atom is 2.00 e. The van der Waals surface area contributed by atoms with Gasteiger partial charge in [-0.3, -0.25) is 9.55 Å². The Bertz CT molecular complexity index is 3810. The molecule has 3 heterocycles. The van der Waals surface area contributed by atoms with Crippen molar-refractivity contribution in [2.24, 2.45) is 0 Å². The Morgan fingerprint density at radius 2 is 1.23 bits per heavy atom. The summed E-state index contributed by atoms with van der Waals surface area (Å²) in [5, 5.41) is 2.39. The zero-order valence-corrected chi connectivity index (χ0v) is 43.9. The van der Waals surface area contributed by atoms with Crippen molar-refractivity contribution in [2.75, 3.05) is 0 Å². The Labute approximate surface area is 432 Å². The Balaban J connectivity index is 0.00000547. The van der Waals surface area contributed by atoms with Gasteiger partial charge >= 0.3 is 21.1 Å². The Hall–Kier alpha value is -7.13. The molecule has 0 spiro atoms. The summed E-state index contributed by atoms with van der Waals surface area (Å²) in [6, 6.07) is 72.1. The van der Waals surface area contributed by atoms with Gasteiger partial charge < -0.3 is 4.98 Å². The Morgan fingerprint density at radius 1 is 0.549 bits per heavy atom. The number of para-hydroxylation sites is 3. The molecule has 0 aliphatic heterocycles.